The second kappa shape index (κ2) is 12.3. The van der Waals surface area contributed by atoms with E-state index in [9.17, 15) is 0 Å². The highest BCUT2D eigenvalue weighted by Gasteiger charge is 2.04. The zero-order valence-corrected chi connectivity index (χ0v) is 18.5. The molecule has 0 bridgehead atoms. The minimum Gasteiger partial charge on any atom is -0.493 e. The summed E-state index contributed by atoms with van der Waals surface area (Å²) in [6.45, 7) is 2.21. The van der Waals surface area contributed by atoms with Crippen LogP contribution < -0.4 is 25.4 Å². The van der Waals surface area contributed by atoms with E-state index >= 15 is 0 Å². The van der Waals surface area contributed by atoms with Crippen molar-refractivity contribution < 1.29 is 9.47 Å². The fraction of sp³-hybridized carbons (Fsp3) is 0.350. The quantitative estimate of drug-likeness (QED) is 0.248. The summed E-state index contributed by atoms with van der Waals surface area (Å²) >= 11 is 0. The molecule has 0 atom stereocenters. The van der Waals surface area contributed by atoms with Crippen LogP contribution in [-0.2, 0) is 6.54 Å². The summed E-state index contributed by atoms with van der Waals surface area (Å²) < 4.78 is 10.5. The van der Waals surface area contributed by atoms with Gasteiger partial charge in [0, 0.05) is 25.8 Å². The van der Waals surface area contributed by atoms with Crippen molar-refractivity contribution in [1.82, 2.24) is 5.32 Å². The van der Waals surface area contributed by atoms with Crippen LogP contribution in [-0.4, -0.2) is 40.3 Å². The molecule has 0 aliphatic heterocycles. The van der Waals surface area contributed by atoms with Gasteiger partial charge in [0.05, 0.1) is 20.8 Å². The Balaban J connectivity index is 0.00000364. The zero-order chi connectivity index (χ0) is 18.8. The molecule has 0 heterocycles. The molecule has 0 radical (unpaired) electrons. The zero-order valence-electron chi connectivity index (χ0n) is 16.1. The number of hydrogen-bond acceptors (Lipinski definition) is 4. The Hall–Kier alpha value is -2.16. The first-order valence-electron chi connectivity index (χ1n) is 8.65. The molecular formula is C20H29IN4O2. The Morgan fingerprint density at radius 1 is 1.07 bits per heavy atom. The van der Waals surface area contributed by atoms with Crippen molar-refractivity contribution in [3.05, 3.63) is 54.1 Å². The predicted molar refractivity (Wildman–Crippen MR) is 123 cm³/mol. The van der Waals surface area contributed by atoms with Crippen molar-refractivity contribution >= 4 is 35.6 Å². The molecule has 0 unspecified atom stereocenters. The average Bonchev–Trinajstić information content (AvgIpc) is 2.69. The summed E-state index contributed by atoms with van der Waals surface area (Å²) in [6.07, 6.45) is 0.970. The maximum absolute atomic E-state index is 5.95. The van der Waals surface area contributed by atoms with Crippen molar-refractivity contribution in [3.8, 4) is 11.5 Å². The molecule has 148 valence electrons. The van der Waals surface area contributed by atoms with Crippen LogP contribution in [0.2, 0.25) is 0 Å². The van der Waals surface area contributed by atoms with Crippen LogP contribution in [0.4, 0.5) is 5.69 Å². The summed E-state index contributed by atoms with van der Waals surface area (Å²) in [5.41, 5.74) is 8.17. The summed E-state index contributed by atoms with van der Waals surface area (Å²) in [4.78, 5) is 6.59. The third-order valence-corrected chi connectivity index (χ3v) is 4.05. The molecule has 3 N–H and O–H groups in total. The van der Waals surface area contributed by atoms with Crippen LogP contribution >= 0.6 is 24.0 Å². The van der Waals surface area contributed by atoms with E-state index in [1.54, 1.807) is 14.2 Å². The number of anilines is 1. The number of ether oxygens (including phenoxy) is 2. The molecule has 2 aromatic carbocycles. The maximum Gasteiger partial charge on any atom is 0.188 e. The number of guanidine groups is 1. The van der Waals surface area contributed by atoms with Crippen molar-refractivity contribution in [2.75, 3.05) is 39.3 Å². The molecule has 7 heteroatoms. The Morgan fingerprint density at radius 2 is 1.78 bits per heavy atom. The number of methoxy groups -OCH3 is 2. The normalized spacial score (nSPS) is 10.7. The molecular weight excluding hydrogens is 455 g/mol. The monoisotopic (exact) mass is 484 g/mol. The highest BCUT2D eigenvalue weighted by atomic mass is 127. The van der Waals surface area contributed by atoms with Crippen LogP contribution in [0.15, 0.2) is 53.5 Å². The van der Waals surface area contributed by atoms with Crippen LogP contribution in [0.25, 0.3) is 0 Å². The van der Waals surface area contributed by atoms with E-state index in [2.05, 4.69) is 34.4 Å². The van der Waals surface area contributed by atoms with E-state index < -0.39 is 0 Å². The van der Waals surface area contributed by atoms with Crippen molar-refractivity contribution in [1.29, 1.82) is 0 Å². The summed E-state index contributed by atoms with van der Waals surface area (Å²) in [5, 5.41) is 3.16. The predicted octanol–water partition coefficient (Wildman–Crippen LogP) is 3.25. The molecule has 0 fully saturated rings. The highest BCUT2D eigenvalue weighted by molar-refractivity contribution is 14.0. The van der Waals surface area contributed by atoms with E-state index in [0.29, 0.717) is 24.0 Å². The molecule has 0 aliphatic carbocycles. The molecule has 0 saturated heterocycles. The average molecular weight is 484 g/mol. The van der Waals surface area contributed by atoms with E-state index in [1.165, 1.54) is 5.69 Å². The van der Waals surface area contributed by atoms with Crippen LogP contribution in [0.5, 0.6) is 11.5 Å². The summed E-state index contributed by atoms with van der Waals surface area (Å²) in [5.74, 6) is 1.84. The first-order valence-corrected chi connectivity index (χ1v) is 8.65. The fourth-order valence-corrected chi connectivity index (χ4v) is 2.56. The van der Waals surface area contributed by atoms with Crippen LogP contribution in [0, 0.1) is 0 Å². The Kier molecular flexibility index (Phi) is 10.4. The molecule has 27 heavy (non-hydrogen) atoms. The molecule has 2 rings (SSSR count). The number of nitrogens with one attached hydrogen (secondary N) is 1. The number of benzene rings is 2. The molecule has 0 aromatic heterocycles. The second-order valence-electron chi connectivity index (χ2n) is 5.93. The lowest BCUT2D eigenvalue weighted by molar-refractivity contribution is 0.354. The molecule has 6 nitrogen and oxygen atoms in total. The smallest absolute Gasteiger partial charge is 0.188 e. The van der Waals surface area contributed by atoms with Gasteiger partial charge in [-0.1, -0.05) is 24.3 Å². The van der Waals surface area contributed by atoms with Gasteiger partial charge < -0.3 is 25.4 Å². The lowest BCUT2D eigenvalue weighted by atomic mass is 10.2. The number of nitrogens with two attached hydrogens (primary N) is 1. The van der Waals surface area contributed by atoms with Gasteiger partial charge in [-0.2, -0.15) is 0 Å². The van der Waals surface area contributed by atoms with E-state index in [0.717, 1.165) is 25.1 Å². The maximum atomic E-state index is 5.95. The lowest BCUT2D eigenvalue weighted by Crippen LogP contribution is -2.34. The standard InChI is InChI=1S/C20H28N4O2.HI/c1-24(17-8-5-4-6-9-17)13-7-12-22-20(21)23-15-16-10-11-18(25-2)19(14-16)26-3;/h4-6,8-11,14H,7,12-13,15H2,1-3H3,(H3,21,22,23);1H. The number of para-hydroxylation sites is 1. The van der Waals surface area contributed by atoms with Gasteiger partial charge in [0.1, 0.15) is 0 Å². The molecule has 2 aromatic rings. The van der Waals surface area contributed by atoms with Gasteiger partial charge in [0.25, 0.3) is 0 Å². The number of rotatable bonds is 9. The van der Waals surface area contributed by atoms with Crippen LogP contribution in [0.3, 0.4) is 0 Å². The summed E-state index contributed by atoms with van der Waals surface area (Å²) in [7, 11) is 5.32. The Morgan fingerprint density at radius 3 is 2.44 bits per heavy atom. The topological polar surface area (TPSA) is 72.1 Å². The molecule has 0 spiro atoms. The number of aliphatic imine (C=N–C) groups is 1. The van der Waals surface area contributed by atoms with Gasteiger partial charge in [-0.25, -0.2) is 4.99 Å². The Bertz CT molecular complexity index is 710. The number of hydrogen-bond donors (Lipinski definition) is 2. The van der Waals surface area contributed by atoms with Gasteiger partial charge in [0.15, 0.2) is 17.5 Å². The lowest BCUT2D eigenvalue weighted by Gasteiger charge is -2.19. The van der Waals surface area contributed by atoms with Gasteiger partial charge in [-0.3, -0.25) is 0 Å². The van der Waals surface area contributed by atoms with Gasteiger partial charge in [-0.15, -0.1) is 24.0 Å². The highest BCUT2D eigenvalue weighted by Crippen LogP contribution is 2.27. The van der Waals surface area contributed by atoms with Gasteiger partial charge in [-0.05, 0) is 36.2 Å². The first-order chi connectivity index (χ1) is 12.6. The molecule has 0 saturated carbocycles. The third-order valence-electron chi connectivity index (χ3n) is 4.05. The van der Waals surface area contributed by atoms with E-state index in [-0.39, 0.29) is 24.0 Å². The largest absolute Gasteiger partial charge is 0.493 e. The van der Waals surface area contributed by atoms with Gasteiger partial charge in [0.2, 0.25) is 0 Å². The SMILES string of the molecule is COc1ccc(CN=C(N)NCCCN(C)c2ccccc2)cc1OC.I. The van der Waals surface area contributed by atoms with E-state index in [4.69, 9.17) is 15.2 Å². The number of nitrogens with zero attached hydrogens (tertiary/aromatic N) is 2. The van der Waals surface area contributed by atoms with Crippen molar-refractivity contribution in [2.24, 2.45) is 10.7 Å². The van der Waals surface area contributed by atoms with Crippen molar-refractivity contribution in [3.63, 3.8) is 0 Å². The minimum absolute atomic E-state index is 0. The van der Waals surface area contributed by atoms with Crippen molar-refractivity contribution in [2.45, 2.75) is 13.0 Å². The third kappa shape index (κ3) is 7.54. The summed E-state index contributed by atoms with van der Waals surface area (Å²) in [6, 6.07) is 16.0. The fourth-order valence-electron chi connectivity index (χ4n) is 2.56. The van der Waals surface area contributed by atoms with E-state index in [1.807, 2.05) is 36.4 Å². The Labute approximate surface area is 178 Å². The first kappa shape index (κ1) is 22.9. The molecule has 0 amide bonds. The minimum atomic E-state index is 0. The van der Waals surface area contributed by atoms with Crippen LogP contribution in [0.1, 0.15) is 12.0 Å². The second-order valence-corrected chi connectivity index (χ2v) is 5.93. The molecule has 0 aliphatic rings. The number of halogens is 1. The van der Waals surface area contributed by atoms with Gasteiger partial charge >= 0.3 is 0 Å².